The van der Waals surface area contributed by atoms with Crippen LogP contribution >= 0.6 is 0 Å². The topological polar surface area (TPSA) is 33.2 Å². The van der Waals surface area contributed by atoms with Crippen molar-refractivity contribution >= 4 is 5.91 Å². The van der Waals surface area contributed by atoms with Gasteiger partial charge in [0.1, 0.15) is 5.82 Å². The van der Waals surface area contributed by atoms with E-state index < -0.39 is 0 Å². The number of carbonyl (C=O) groups is 1. The Morgan fingerprint density at radius 2 is 1.96 bits per heavy atom. The van der Waals surface area contributed by atoms with Gasteiger partial charge in [-0.15, -0.1) is 0 Å². The summed E-state index contributed by atoms with van der Waals surface area (Å²) in [7, 11) is 0. The van der Waals surface area contributed by atoms with Crippen molar-refractivity contribution in [3.05, 3.63) is 65.7 Å². The maximum absolute atomic E-state index is 13.0. The first kappa shape index (κ1) is 17.1. The molecule has 0 radical (unpaired) electrons. The summed E-state index contributed by atoms with van der Waals surface area (Å²) in [6.45, 7) is 4.75. The highest BCUT2D eigenvalue weighted by Gasteiger charge is 2.22. The molecule has 0 aliphatic carbocycles. The first-order chi connectivity index (χ1) is 11.2. The van der Waals surface area contributed by atoms with Gasteiger partial charge in [-0.3, -0.25) is 9.78 Å². The molecule has 0 bridgehead atoms. The van der Waals surface area contributed by atoms with E-state index in [-0.39, 0.29) is 17.8 Å². The Balaban J connectivity index is 2.04. The van der Waals surface area contributed by atoms with Crippen molar-refractivity contribution < 1.29 is 9.18 Å². The molecule has 1 aromatic heterocycles. The Bertz CT molecular complexity index is 613. The second-order valence-corrected chi connectivity index (χ2v) is 5.56. The summed E-state index contributed by atoms with van der Waals surface area (Å²) in [5, 5.41) is 0. The average Bonchev–Trinajstić information content (AvgIpc) is 2.60. The summed E-state index contributed by atoms with van der Waals surface area (Å²) in [4.78, 5) is 18.6. The van der Waals surface area contributed by atoms with E-state index in [2.05, 4.69) is 11.9 Å². The normalized spacial score (nSPS) is 12.0. The molecule has 0 aliphatic heterocycles. The Morgan fingerprint density at radius 1 is 1.22 bits per heavy atom. The van der Waals surface area contributed by atoms with Crippen LogP contribution in [-0.2, 0) is 6.42 Å². The number of benzene rings is 1. The predicted molar refractivity (Wildman–Crippen MR) is 89.7 cm³/mol. The lowest BCUT2D eigenvalue weighted by Crippen LogP contribution is -2.40. The molecule has 4 heteroatoms. The molecule has 1 heterocycles. The third-order valence-corrected chi connectivity index (χ3v) is 4.10. The molecular weight excluding hydrogens is 291 g/mol. The van der Waals surface area contributed by atoms with Crippen LogP contribution in [0, 0.1) is 5.82 Å². The molecule has 1 atom stereocenters. The van der Waals surface area contributed by atoms with Crippen molar-refractivity contribution in [1.82, 2.24) is 9.88 Å². The molecule has 122 valence electrons. The molecule has 0 unspecified atom stereocenters. The summed E-state index contributed by atoms with van der Waals surface area (Å²) < 4.78 is 13.0. The summed E-state index contributed by atoms with van der Waals surface area (Å²) in [5.74, 6) is -0.200. The fourth-order valence-electron chi connectivity index (χ4n) is 2.79. The van der Waals surface area contributed by atoms with Gasteiger partial charge in [0.2, 0.25) is 0 Å². The standard InChI is InChI=1S/C19H23FN2O/c1-3-18(12-9-15-7-10-17(20)11-8-15)22(4-2)19(23)16-6-5-13-21-14-16/h5-8,10-11,13-14,18H,3-4,9,12H2,1-2H3/t18-/m1/s1. The minimum absolute atomic E-state index is 0.0200. The van der Waals surface area contributed by atoms with Crippen LogP contribution in [0.5, 0.6) is 0 Å². The van der Waals surface area contributed by atoms with Crippen molar-refractivity contribution in [2.75, 3.05) is 6.54 Å². The van der Waals surface area contributed by atoms with Crippen molar-refractivity contribution in [1.29, 1.82) is 0 Å². The minimum atomic E-state index is -0.220. The number of halogens is 1. The number of rotatable bonds is 7. The van der Waals surface area contributed by atoms with Crippen LogP contribution in [0.25, 0.3) is 0 Å². The average molecular weight is 314 g/mol. The van der Waals surface area contributed by atoms with E-state index in [0.717, 1.165) is 24.8 Å². The van der Waals surface area contributed by atoms with E-state index in [1.54, 1.807) is 36.7 Å². The Morgan fingerprint density at radius 3 is 2.52 bits per heavy atom. The fraction of sp³-hybridized carbons (Fsp3) is 0.368. The monoisotopic (exact) mass is 314 g/mol. The van der Waals surface area contributed by atoms with Crippen LogP contribution in [0.2, 0.25) is 0 Å². The van der Waals surface area contributed by atoms with Crippen LogP contribution in [0.3, 0.4) is 0 Å². The lowest BCUT2D eigenvalue weighted by Gasteiger charge is -2.30. The van der Waals surface area contributed by atoms with Gasteiger partial charge in [-0.25, -0.2) is 4.39 Å². The second kappa shape index (κ2) is 8.42. The summed E-state index contributed by atoms with van der Waals surface area (Å²) >= 11 is 0. The lowest BCUT2D eigenvalue weighted by atomic mass is 10.0. The molecule has 1 amide bonds. The van der Waals surface area contributed by atoms with Gasteiger partial charge in [0.15, 0.2) is 0 Å². The van der Waals surface area contributed by atoms with E-state index in [4.69, 9.17) is 0 Å². The first-order valence-electron chi connectivity index (χ1n) is 8.11. The molecule has 0 saturated carbocycles. The molecule has 0 saturated heterocycles. The smallest absolute Gasteiger partial charge is 0.255 e. The molecule has 0 aliphatic rings. The Kier molecular flexibility index (Phi) is 6.27. The van der Waals surface area contributed by atoms with Crippen LogP contribution in [0.15, 0.2) is 48.8 Å². The maximum Gasteiger partial charge on any atom is 0.255 e. The quantitative estimate of drug-likeness (QED) is 0.771. The number of hydrogen-bond acceptors (Lipinski definition) is 2. The first-order valence-corrected chi connectivity index (χ1v) is 8.11. The van der Waals surface area contributed by atoms with E-state index in [0.29, 0.717) is 12.1 Å². The molecule has 3 nitrogen and oxygen atoms in total. The highest BCUT2D eigenvalue weighted by atomic mass is 19.1. The summed E-state index contributed by atoms with van der Waals surface area (Å²) in [6.07, 6.45) is 5.86. The Labute approximate surface area is 137 Å². The van der Waals surface area contributed by atoms with Gasteiger partial charge >= 0.3 is 0 Å². The van der Waals surface area contributed by atoms with Crippen LogP contribution in [0.4, 0.5) is 4.39 Å². The van der Waals surface area contributed by atoms with Crippen molar-refractivity contribution in [2.24, 2.45) is 0 Å². The number of aryl methyl sites for hydroxylation is 1. The van der Waals surface area contributed by atoms with Crippen molar-refractivity contribution in [3.63, 3.8) is 0 Å². The summed E-state index contributed by atoms with van der Waals surface area (Å²) in [6, 6.07) is 10.3. The van der Waals surface area contributed by atoms with Crippen LogP contribution in [0.1, 0.15) is 42.6 Å². The fourth-order valence-corrected chi connectivity index (χ4v) is 2.79. The van der Waals surface area contributed by atoms with Gasteiger partial charge in [-0.1, -0.05) is 19.1 Å². The number of hydrogen-bond donors (Lipinski definition) is 0. The zero-order valence-electron chi connectivity index (χ0n) is 13.7. The molecule has 0 fully saturated rings. The zero-order valence-corrected chi connectivity index (χ0v) is 13.7. The van der Waals surface area contributed by atoms with Crippen LogP contribution in [-0.4, -0.2) is 28.4 Å². The molecule has 0 spiro atoms. The molecule has 1 aromatic carbocycles. The number of amides is 1. The largest absolute Gasteiger partial charge is 0.336 e. The lowest BCUT2D eigenvalue weighted by molar-refractivity contribution is 0.0675. The highest BCUT2D eigenvalue weighted by Crippen LogP contribution is 2.16. The van der Waals surface area contributed by atoms with E-state index in [9.17, 15) is 9.18 Å². The molecule has 23 heavy (non-hydrogen) atoms. The van der Waals surface area contributed by atoms with Crippen molar-refractivity contribution in [3.8, 4) is 0 Å². The third kappa shape index (κ3) is 4.62. The molecule has 2 aromatic rings. The number of pyridine rings is 1. The molecular formula is C19H23FN2O. The van der Waals surface area contributed by atoms with Crippen LogP contribution < -0.4 is 0 Å². The summed E-state index contributed by atoms with van der Waals surface area (Å²) in [5.41, 5.74) is 1.71. The van der Waals surface area contributed by atoms with Crippen molar-refractivity contribution in [2.45, 2.75) is 39.2 Å². The SMILES string of the molecule is CC[C@H](CCc1ccc(F)cc1)N(CC)C(=O)c1cccnc1. The molecule has 0 N–H and O–H groups in total. The Hall–Kier alpha value is -2.23. The number of carbonyl (C=O) groups excluding carboxylic acids is 1. The third-order valence-electron chi connectivity index (χ3n) is 4.10. The van der Waals surface area contributed by atoms with Gasteiger partial charge in [-0.2, -0.15) is 0 Å². The van der Waals surface area contributed by atoms with E-state index in [1.807, 2.05) is 11.8 Å². The second-order valence-electron chi connectivity index (χ2n) is 5.56. The molecule has 2 rings (SSSR count). The van der Waals surface area contributed by atoms with Gasteiger partial charge in [0.05, 0.1) is 5.56 Å². The van der Waals surface area contributed by atoms with Gasteiger partial charge in [0.25, 0.3) is 5.91 Å². The van der Waals surface area contributed by atoms with E-state index in [1.165, 1.54) is 12.1 Å². The number of aromatic nitrogens is 1. The zero-order chi connectivity index (χ0) is 16.7. The predicted octanol–water partition coefficient (Wildman–Crippen LogP) is 4.09. The minimum Gasteiger partial charge on any atom is -0.336 e. The van der Waals surface area contributed by atoms with Gasteiger partial charge in [0, 0.05) is 25.0 Å². The van der Waals surface area contributed by atoms with Gasteiger partial charge < -0.3 is 4.90 Å². The number of nitrogens with zero attached hydrogens (tertiary/aromatic N) is 2. The van der Waals surface area contributed by atoms with Gasteiger partial charge in [-0.05, 0) is 56.0 Å². The maximum atomic E-state index is 13.0. The highest BCUT2D eigenvalue weighted by molar-refractivity contribution is 5.94. The van der Waals surface area contributed by atoms with E-state index >= 15 is 0 Å².